The van der Waals surface area contributed by atoms with Gasteiger partial charge >= 0.3 is 0 Å². The van der Waals surface area contributed by atoms with Gasteiger partial charge in [-0.3, -0.25) is 9.59 Å². The summed E-state index contributed by atoms with van der Waals surface area (Å²) in [6, 6.07) is 26.7. The zero-order valence-electron chi connectivity index (χ0n) is 25.9. The Morgan fingerprint density at radius 2 is 1.49 bits per heavy atom. The first-order valence-corrected chi connectivity index (χ1v) is 16.5. The Hall–Kier alpha value is -4.78. The van der Waals surface area contributed by atoms with Crippen LogP contribution >= 0.6 is 0 Å². The van der Waals surface area contributed by atoms with Crippen molar-refractivity contribution in [3.8, 4) is 11.5 Å². The van der Waals surface area contributed by atoms with Crippen molar-refractivity contribution in [1.29, 1.82) is 0 Å². The molecule has 5 rings (SSSR count). The zero-order chi connectivity index (χ0) is 33.2. The van der Waals surface area contributed by atoms with Crippen LogP contribution in [0.25, 0.3) is 0 Å². The molecule has 0 aromatic heterocycles. The Balaban J connectivity index is 1.36. The fourth-order valence-electron chi connectivity index (χ4n) is 5.12. The van der Waals surface area contributed by atoms with Gasteiger partial charge < -0.3 is 24.4 Å². The van der Waals surface area contributed by atoms with Gasteiger partial charge in [-0.15, -0.1) is 0 Å². The largest absolute Gasteiger partial charge is 0.497 e. The standard InChI is InChI=1S/C35H36FN3O7S/c1-44-30-13-9-26(10-14-30)23-37-35(41)34(28-5-3-2-4-6-28)39(24-27-7-11-29(36)12-8-27)33(40)25-46-31-15-17-32(18-16-31)47(42,43)38-19-21-45-22-20-38/h2-18,34H,19-25H2,1H3,(H,37,41)/t34-/m1/s1. The molecule has 47 heavy (non-hydrogen) atoms. The van der Waals surface area contributed by atoms with Crippen LogP contribution in [0.1, 0.15) is 22.7 Å². The molecule has 0 unspecified atom stereocenters. The first-order valence-electron chi connectivity index (χ1n) is 15.0. The van der Waals surface area contributed by atoms with E-state index in [2.05, 4.69) is 5.32 Å². The lowest BCUT2D eigenvalue weighted by molar-refractivity contribution is -0.143. The first kappa shape index (κ1) is 33.6. The molecule has 246 valence electrons. The summed E-state index contributed by atoms with van der Waals surface area (Å²) in [6.07, 6.45) is 0. The highest BCUT2D eigenvalue weighted by molar-refractivity contribution is 7.89. The number of nitrogens with zero attached hydrogens (tertiary/aromatic N) is 2. The third-order valence-electron chi connectivity index (χ3n) is 7.68. The quantitative estimate of drug-likeness (QED) is 0.227. The van der Waals surface area contributed by atoms with E-state index in [1.807, 2.05) is 18.2 Å². The lowest BCUT2D eigenvalue weighted by Gasteiger charge is -2.31. The number of ether oxygens (including phenoxy) is 3. The number of nitrogens with one attached hydrogen (secondary N) is 1. The average molecular weight is 662 g/mol. The molecule has 1 heterocycles. The van der Waals surface area contributed by atoms with Gasteiger partial charge in [0.15, 0.2) is 6.61 Å². The van der Waals surface area contributed by atoms with Crippen molar-refractivity contribution < 1.29 is 36.6 Å². The number of hydrogen-bond acceptors (Lipinski definition) is 7. The molecule has 1 fully saturated rings. The van der Waals surface area contributed by atoms with Crippen molar-refractivity contribution in [1.82, 2.24) is 14.5 Å². The highest BCUT2D eigenvalue weighted by Crippen LogP contribution is 2.26. The first-order chi connectivity index (χ1) is 22.7. The van der Waals surface area contributed by atoms with E-state index in [9.17, 15) is 22.4 Å². The number of hydrogen-bond donors (Lipinski definition) is 1. The second kappa shape index (κ2) is 15.7. The van der Waals surface area contributed by atoms with E-state index in [1.54, 1.807) is 55.6 Å². The fourth-order valence-corrected chi connectivity index (χ4v) is 6.53. The molecule has 1 N–H and O–H groups in total. The molecule has 1 atom stereocenters. The maximum atomic E-state index is 13.9. The Morgan fingerprint density at radius 1 is 0.872 bits per heavy atom. The average Bonchev–Trinajstić information content (AvgIpc) is 3.11. The second-order valence-electron chi connectivity index (χ2n) is 10.8. The lowest BCUT2D eigenvalue weighted by Crippen LogP contribution is -2.45. The Kier molecular flexibility index (Phi) is 11.2. The van der Waals surface area contributed by atoms with Crippen molar-refractivity contribution in [2.75, 3.05) is 40.0 Å². The van der Waals surface area contributed by atoms with E-state index in [4.69, 9.17) is 14.2 Å². The summed E-state index contributed by atoms with van der Waals surface area (Å²) in [5, 5.41) is 2.94. The molecule has 1 aliphatic rings. The third kappa shape index (κ3) is 8.73. The molecule has 1 aliphatic heterocycles. The van der Waals surface area contributed by atoms with E-state index >= 15 is 0 Å². The number of amides is 2. The monoisotopic (exact) mass is 661 g/mol. The molecule has 0 bridgehead atoms. The van der Waals surface area contributed by atoms with Gasteiger partial charge in [-0.05, 0) is 65.2 Å². The minimum Gasteiger partial charge on any atom is -0.497 e. The van der Waals surface area contributed by atoms with E-state index in [1.165, 1.54) is 45.6 Å². The molecule has 0 aliphatic carbocycles. The second-order valence-corrected chi connectivity index (χ2v) is 12.7. The van der Waals surface area contributed by atoms with Gasteiger partial charge in [0.25, 0.3) is 5.91 Å². The highest BCUT2D eigenvalue weighted by atomic mass is 32.2. The van der Waals surface area contributed by atoms with Gasteiger partial charge in [0, 0.05) is 26.2 Å². The number of methoxy groups -OCH3 is 1. The van der Waals surface area contributed by atoms with Gasteiger partial charge in [0.2, 0.25) is 15.9 Å². The molecular weight excluding hydrogens is 625 g/mol. The number of morpholine rings is 1. The van der Waals surface area contributed by atoms with Crippen LogP contribution in [0.3, 0.4) is 0 Å². The van der Waals surface area contributed by atoms with Crippen LogP contribution < -0.4 is 14.8 Å². The van der Waals surface area contributed by atoms with Gasteiger partial charge in [-0.2, -0.15) is 4.31 Å². The number of sulfonamides is 1. The summed E-state index contributed by atoms with van der Waals surface area (Å²) in [6.45, 7) is 0.979. The molecule has 4 aromatic rings. The fraction of sp³-hybridized carbons (Fsp3) is 0.257. The minimum absolute atomic E-state index is 0.00524. The summed E-state index contributed by atoms with van der Waals surface area (Å²) in [5.74, 6) is -0.383. The van der Waals surface area contributed by atoms with Crippen molar-refractivity contribution in [2.45, 2.75) is 24.0 Å². The van der Waals surface area contributed by atoms with Crippen LogP contribution in [0.5, 0.6) is 11.5 Å². The van der Waals surface area contributed by atoms with Gasteiger partial charge in [0.1, 0.15) is 23.4 Å². The van der Waals surface area contributed by atoms with Gasteiger partial charge in [-0.25, -0.2) is 12.8 Å². The molecule has 0 spiro atoms. The lowest BCUT2D eigenvalue weighted by atomic mass is 10.0. The molecule has 10 nitrogen and oxygen atoms in total. The molecule has 12 heteroatoms. The predicted molar refractivity (Wildman–Crippen MR) is 172 cm³/mol. The Morgan fingerprint density at radius 3 is 2.13 bits per heavy atom. The van der Waals surface area contributed by atoms with Crippen molar-refractivity contribution in [3.05, 3.63) is 126 Å². The normalized spacial score (nSPS) is 14.2. The molecule has 4 aromatic carbocycles. The van der Waals surface area contributed by atoms with Crippen LogP contribution in [0, 0.1) is 5.82 Å². The Bertz CT molecular complexity index is 1730. The predicted octanol–water partition coefficient (Wildman–Crippen LogP) is 4.32. The summed E-state index contributed by atoms with van der Waals surface area (Å²) in [7, 11) is -2.12. The van der Waals surface area contributed by atoms with E-state index < -0.39 is 40.3 Å². The SMILES string of the molecule is COc1ccc(CNC(=O)[C@@H](c2ccccc2)N(Cc2ccc(F)cc2)C(=O)COc2ccc(S(=O)(=O)N3CCOCC3)cc2)cc1. The van der Waals surface area contributed by atoms with E-state index in [0.717, 1.165) is 5.56 Å². The Labute approximate surface area is 273 Å². The molecule has 2 amide bonds. The molecule has 1 saturated heterocycles. The molecular formula is C35H36FN3O7S. The van der Waals surface area contributed by atoms with Crippen LogP contribution in [0.4, 0.5) is 4.39 Å². The van der Waals surface area contributed by atoms with Gasteiger partial charge in [0.05, 0.1) is 25.2 Å². The number of carbonyl (C=O) groups is 2. The van der Waals surface area contributed by atoms with Crippen LogP contribution in [0.15, 0.2) is 108 Å². The summed E-state index contributed by atoms with van der Waals surface area (Å²) >= 11 is 0. The maximum absolute atomic E-state index is 13.9. The minimum atomic E-state index is -3.70. The maximum Gasteiger partial charge on any atom is 0.261 e. The zero-order valence-corrected chi connectivity index (χ0v) is 26.7. The van der Waals surface area contributed by atoms with Crippen molar-refractivity contribution in [3.63, 3.8) is 0 Å². The summed E-state index contributed by atoms with van der Waals surface area (Å²) < 4.78 is 57.4. The molecule has 0 radical (unpaired) electrons. The highest BCUT2D eigenvalue weighted by Gasteiger charge is 2.32. The van der Waals surface area contributed by atoms with E-state index in [0.29, 0.717) is 30.1 Å². The number of rotatable bonds is 13. The summed E-state index contributed by atoms with van der Waals surface area (Å²) in [5.41, 5.74) is 2.03. The topological polar surface area (TPSA) is 114 Å². The van der Waals surface area contributed by atoms with Crippen LogP contribution in [-0.4, -0.2) is 69.5 Å². The number of carbonyl (C=O) groups excluding carboxylic acids is 2. The van der Waals surface area contributed by atoms with Gasteiger partial charge in [-0.1, -0.05) is 54.6 Å². The number of benzene rings is 4. The van der Waals surface area contributed by atoms with Crippen molar-refractivity contribution >= 4 is 21.8 Å². The smallest absolute Gasteiger partial charge is 0.261 e. The summed E-state index contributed by atoms with van der Waals surface area (Å²) in [4.78, 5) is 29.3. The van der Waals surface area contributed by atoms with Crippen LogP contribution in [-0.2, 0) is 37.4 Å². The molecule has 0 saturated carbocycles. The third-order valence-corrected chi connectivity index (χ3v) is 9.59. The van der Waals surface area contributed by atoms with Crippen LogP contribution in [0.2, 0.25) is 0 Å². The van der Waals surface area contributed by atoms with E-state index in [-0.39, 0.29) is 36.8 Å². The number of halogens is 1. The van der Waals surface area contributed by atoms with Crippen molar-refractivity contribution in [2.24, 2.45) is 0 Å².